The molecule has 0 atom stereocenters. The predicted octanol–water partition coefficient (Wildman–Crippen LogP) is 11.6. The van der Waals surface area contributed by atoms with Crippen molar-refractivity contribution in [3.8, 4) is 22.3 Å². The number of thiophene rings is 1. The minimum atomic E-state index is 1.11. The Labute approximate surface area is 234 Å². The first kappa shape index (κ1) is 24.1. The normalized spacial score (nSPS) is 11.7. The van der Waals surface area contributed by atoms with Crippen LogP contribution in [0.1, 0.15) is 37.8 Å². The van der Waals surface area contributed by atoms with E-state index in [-0.39, 0.29) is 0 Å². The van der Waals surface area contributed by atoms with E-state index < -0.39 is 0 Å². The van der Waals surface area contributed by atoms with Gasteiger partial charge >= 0.3 is 0 Å². The molecule has 1 aromatic heterocycles. The van der Waals surface area contributed by atoms with E-state index in [0.29, 0.717) is 0 Å². The van der Waals surface area contributed by atoms with Crippen LogP contribution in [-0.4, -0.2) is 0 Å². The van der Waals surface area contributed by atoms with Crippen LogP contribution in [0.3, 0.4) is 0 Å². The van der Waals surface area contributed by atoms with Gasteiger partial charge in [-0.1, -0.05) is 106 Å². The van der Waals surface area contributed by atoms with Gasteiger partial charge in [0.2, 0.25) is 0 Å². The Morgan fingerprint density at radius 1 is 0.487 bits per heavy atom. The second-order valence-corrected chi connectivity index (χ2v) is 11.8. The Morgan fingerprint density at radius 2 is 1.13 bits per heavy atom. The first-order valence-corrected chi connectivity index (χ1v) is 15.0. The average Bonchev–Trinajstić information content (AvgIpc) is 3.35. The molecule has 0 spiro atoms. The molecule has 39 heavy (non-hydrogen) atoms. The summed E-state index contributed by atoms with van der Waals surface area (Å²) in [5.41, 5.74) is 8.11. The van der Waals surface area contributed by atoms with E-state index in [9.17, 15) is 0 Å². The summed E-state index contributed by atoms with van der Waals surface area (Å²) < 4.78 is 2.79. The Bertz CT molecular complexity index is 1970. The highest BCUT2D eigenvalue weighted by Crippen LogP contribution is 2.42. The van der Waals surface area contributed by atoms with E-state index in [4.69, 9.17) is 0 Å². The first-order chi connectivity index (χ1) is 19.2. The molecule has 7 aromatic rings. The summed E-state index contributed by atoms with van der Waals surface area (Å²) in [6.45, 7) is 4.54. The van der Waals surface area contributed by atoms with Crippen LogP contribution in [-0.2, 0) is 12.8 Å². The second kappa shape index (κ2) is 9.98. The van der Waals surface area contributed by atoms with Crippen LogP contribution in [0.5, 0.6) is 0 Å². The second-order valence-electron chi connectivity index (χ2n) is 10.7. The Balaban J connectivity index is 1.39. The highest BCUT2D eigenvalue weighted by Gasteiger charge is 2.14. The molecule has 0 amide bonds. The van der Waals surface area contributed by atoms with Crippen LogP contribution >= 0.6 is 11.3 Å². The van der Waals surface area contributed by atoms with Gasteiger partial charge in [-0.3, -0.25) is 0 Å². The van der Waals surface area contributed by atoms with Crippen LogP contribution < -0.4 is 0 Å². The third kappa shape index (κ3) is 4.22. The lowest BCUT2D eigenvalue weighted by Crippen LogP contribution is -1.88. The summed E-state index contributed by atoms with van der Waals surface area (Å²) in [4.78, 5) is 0. The molecular weight excluding hydrogens is 488 g/mol. The maximum atomic E-state index is 2.45. The molecule has 7 rings (SSSR count). The van der Waals surface area contributed by atoms with Gasteiger partial charge in [-0.05, 0) is 98.1 Å². The standard InChI is InChI=1S/C38H32S/c1-3-9-25-15-20-37-35(21-25)36-23-26(10-4-2)22-34(38(36)39-37)28-18-16-27(17-19-28)33-24-29-11-5-6-12-30(29)31-13-7-8-14-32(31)33/h5-8,11-24H,3-4,9-10H2,1-2H3. The molecule has 1 heterocycles. The minimum absolute atomic E-state index is 1.11. The molecule has 0 aliphatic heterocycles. The van der Waals surface area contributed by atoms with Gasteiger partial charge in [-0.25, -0.2) is 0 Å². The summed E-state index contributed by atoms with van der Waals surface area (Å²) in [6, 6.07) is 41.2. The van der Waals surface area contributed by atoms with Gasteiger partial charge in [-0.15, -0.1) is 11.3 Å². The molecule has 0 fully saturated rings. The van der Waals surface area contributed by atoms with Crippen LogP contribution in [0.2, 0.25) is 0 Å². The largest absolute Gasteiger partial charge is 0.135 e. The fourth-order valence-corrected chi connectivity index (χ4v) is 7.40. The van der Waals surface area contributed by atoms with E-state index >= 15 is 0 Å². The van der Waals surface area contributed by atoms with Gasteiger partial charge in [0, 0.05) is 20.2 Å². The van der Waals surface area contributed by atoms with E-state index in [0.717, 1.165) is 19.3 Å². The average molecular weight is 521 g/mol. The van der Waals surface area contributed by atoms with Gasteiger partial charge in [-0.2, -0.15) is 0 Å². The summed E-state index contributed by atoms with van der Waals surface area (Å²) >= 11 is 1.94. The number of aryl methyl sites for hydroxylation is 2. The smallest absolute Gasteiger partial charge is 0.0434 e. The topological polar surface area (TPSA) is 0 Å². The number of benzene rings is 6. The monoisotopic (exact) mass is 520 g/mol. The molecule has 0 aliphatic rings. The molecule has 0 nitrogen and oxygen atoms in total. The van der Waals surface area contributed by atoms with E-state index in [1.165, 1.54) is 81.5 Å². The molecular formula is C38H32S. The molecule has 0 radical (unpaired) electrons. The Morgan fingerprint density at radius 3 is 1.90 bits per heavy atom. The van der Waals surface area contributed by atoms with Crippen molar-refractivity contribution in [1.82, 2.24) is 0 Å². The molecule has 0 saturated carbocycles. The number of rotatable bonds is 6. The van der Waals surface area contributed by atoms with Crippen molar-refractivity contribution >= 4 is 53.1 Å². The maximum absolute atomic E-state index is 2.45. The summed E-state index contributed by atoms with van der Waals surface area (Å²) in [7, 11) is 0. The van der Waals surface area contributed by atoms with Gasteiger partial charge < -0.3 is 0 Å². The Hall–Kier alpha value is -3.94. The lowest BCUT2D eigenvalue weighted by atomic mass is 9.92. The molecule has 190 valence electrons. The zero-order valence-electron chi connectivity index (χ0n) is 22.6. The van der Waals surface area contributed by atoms with Crippen molar-refractivity contribution in [1.29, 1.82) is 0 Å². The molecule has 1 heteroatoms. The zero-order valence-corrected chi connectivity index (χ0v) is 23.4. The molecule has 0 aliphatic carbocycles. The molecule has 0 saturated heterocycles. The quantitative estimate of drug-likeness (QED) is 0.191. The van der Waals surface area contributed by atoms with E-state index in [1.54, 1.807) is 0 Å². The van der Waals surface area contributed by atoms with E-state index in [2.05, 4.69) is 123 Å². The minimum Gasteiger partial charge on any atom is -0.135 e. The van der Waals surface area contributed by atoms with Crippen LogP contribution in [0, 0.1) is 0 Å². The molecule has 0 N–H and O–H groups in total. The third-order valence-corrected chi connectivity index (χ3v) is 9.27. The molecule has 6 aromatic carbocycles. The highest BCUT2D eigenvalue weighted by atomic mass is 32.1. The first-order valence-electron chi connectivity index (χ1n) is 14.2. The number of hydrogen-bond acceptors (Lipinski definition) is 1. The lowest BCUT2D eigenvalue weighted by Gasteiger charge is -2.12. The van der Waals surface area contributed by atoms with Gasteiger partial charge in [0.15, 0.2) is 0 Å². The Kier molecular flexibility index (Phi) is 6.18. The SMILES string of the molecule is CCCc1ccc2sc3c(-c4ccc(-c5cc6ccccc6c6ccccc56)cc4)cc(CCC)cc3c2c1. The zero-order chi connectivity index (χ0) is 26.3. The van der Waals surface area contributed by atoms with Gasteiger partial charge in [0.25, 0.3) is 0 Å². The van der Waals surface area contributed by atoms with Crippen LogP contribution in [0.15, 0.2) is 109 Å². The number of hydrogen-bond donors (Lipinski definition) is 0. The van der Waals surface area contributed by atoms with Gasteiger partial charge in [0.05, 0.1) is 0 Å². The third-order valence-electron chi connectivity index (χ3n) is 8.05. The molecule has 0 unspecified atom stereocenters. The van der Waals surface area contributed by atoms with Gasteiger partial charge in [0.1, 0.15) is 0 Å². The van der Waals surface area contributed by atoms with Crippen molar-refractivity contribution in [2.24, 2.45) is 0 Å². The maximum Gasteiger partial charge on any atom is 0.0434 e. The highest BCUT2D eigenvalue weighted by molar-refractivity contribution is 7.26. The fourth-order valence-electron chi connectivity index (χ4n) is 6.20. The van der Waals surface area contributed by atoms with Crippen molar-refractivity contribution in [2.75, 3.05) is 0 Å². The number of fused-ring (bicyclic) bond motifs is 6. The predicted molar refractivity (Wildman–Crippen MR) is 173 cm³/mol. The van der Waals surface area contributed by atoms with Crippen molar-refractivity contribution < 1.29 is 0 Å². The van der Waals surface area contributed by atoms with Crippen molar-refractivity contribution in [3.63, 3.8) is 0 Å². The molecule has 0 bridgehead atoms. The van der Waals surface area contributed by atoms with E-state index in [1.807, 2.05) is 11.3 Å². The van der Waals surface area contributed by atoms with Crippen molar-refractivity contribution in [3.05, 3.63) is 120 Å². The van der Waals surface area contributed by atoms with Crippen LogP contribution in [0.4, 0.5) is 0 Å². The summed E-state index contributed by atoms with van der Waals surface area (Å²) in [6.07, 6.45) is 4.58. The lowest BCUT2D eigenvalue weighted by molar-refractivity contribution is 0.923. The fraction of sp³-hybridized carbons (Fsp3) is 0.158. The van der Waals surface area contributed by atoms with Crippen molar-refractivity contribution in [2.45, 2.75) is 39.5 Å². The summed E-state index contributed by atoms with van der Waals surface area (Å²) in [5.74, 6) is 0. The summed E-state index contributed by atoms with van der Waals surface area (Å²) in [5, 5.41) is 8.06. The van der Waals surface area contributed by atoms with Crippen LogP contribution in [0.25, 0.3) is 64.0 Å².